The summed E-state index contributed by atoms with van der Waals surface area (Å²) in [6, 6.07) is 0. The zero-order chi connectivity index (χ0) is 12.6. The third-order valence-corrected chi connectivity index (χ3v) is 4.31. The molecule has 0 atom stereocenters. The van der Waals surface area contributed by atoms with Crippen LogP contribution in [-0.2, 0) is 5.41 Å². The van der Waals surface area contributed by atoms with Crippen LogP contribution < -0.4 is 5.73 Å². The van der Waals surface area contributed by atoms with E-state index in [4.69, 9.17) is 5.73 Å². The van der Waals surface area contributed by atoms with E-state index in [9.17, 15) is 0 Å². The van der Waals surface area contributed by atoms with Gasteiger partial charge in [0.1, 0.15) is 5.82 Å². The molecule has 2 aromatic rings. The van der Waals surface area contributed by atoms with Gasteiger partial charge in [0, 0.05) is 23.7 Å². The first-order valence-corrected chi connectivity index (χ1v) is 6.76. The Morgan fingerprint density at radius 2 is 2.11 bits per heavy atom. The Bertz CT molecular complexity index is 552. The monoisotopic (exact) mass is 244 g/mol. The van der Waals surface area contributed by atoms with Gasteiger partial charge in [0.25, 0.3) is 0 Å². The lowest BCUT2D eigenvalue weighted by Gasteiger charge is -2.36. The second kappa shape index (κ2) is 4.35. The molecule has 0 spiro atoms. The maximum absolute atomic E-state index is 6.10. The van der Waals surface area contributed by atoms with Crippen molar-refractivity contribution in [2.24, 2.45) is 5.73 Å². The molecule has 1 aliphatic rings. The molecular weight excluding hydrogens is 224 g/mol. The standard InChI is InChI=1S/C14H20N4/c1-10-16-8-12-13(18-10)11(7-17-12)14(9-15)5-3-2-4-6-14/h7-8,17H,2-6,9,15H2,1H3. The summed E-state index contributed by atoms with van der Waals surface area (Å²) in [5.41, 5.74) is 9.61. The molecule has 3 rings (SSSR count). The lowest BCUT2D eigenvalue weighted by Crippen LogP contribution is -2.37. The molecule has 0 bridgehead atoms. The Balaban J connectivity index is 2.14. The van der Waals surface area contributed by atoms with Crippen LogP contribution in [0.1, 0.15) is 43.5 Å². The molecule has 0 aromatic carbocycles. The number of aromatic amines is 1. The zero-order valence-corrected chi connectivity index (χ0v) is 10.9. The summed E-state index contributed by atoms with van der Waals surface area (Å²) in [6.45, 7) is 2.65. The number of nitrogens with two attached hydrogens (primary N) is 1. The summed E-state index contributed by atoms with van der Waals surface area (Å²) in [7, 11) is 0. The number of fused-ring (bicyclic) bond motifs is 1. The first-order chi connectivity index (χ1) is 8.75. The minimum atomic E-state index is 0.122. The van der Waals surface area contributed by atoms with E-state index in [0.717, 1.165) is 16.9 Å². The van der Waals surface area contributed by atoms with Crippen molar-refractivity contribution in [2.45, 2.75) is 44.4 Å². The van der Waals surface area contributed by atoms with E-state index in [1.807, 2.05) is 13.1 Å². The van der Waals surface area contributed by atoms with E-state index in [1.165, 1.54) is 37.7 Å². The predicted octanol–water partition coefficient (Wildman–Crippen LogP) is 2.43. The molecule has 18 heavy (non-hydrogen) atoms. The number of H-pyrrole nitrogens is 1. The third kappa shape index (κ3) is 1.72. The maximum atomic E-state index is 6.10. The number of aromatic nitrogens is 3. The van der Waals surface area contributed by atoms with E-state index in [-0.39, 0.29) is 5.41 Å². The number of hydrogen-bond acceptors (Lipinski definition) is 3. The van der Waals surface area contributed by atoms with Crippen LogP contribution in [0.5, 0.6) is 0 Å². The Labute approximate surface area is 107 Å². The zero-order valence-electron chi connectivity index (χ0n) is 10.9. The number of hydrogen-bond donors (Lipinski definition) is 2. The smallest absolute Gasteiger partial charge is 0.126 e. The van der Waals surface area contributed by atoms with Crippen LogP contribution in [0.4, 0.5) is 0 Å². The van der Waals surface area contributed by atoms with Gasteiger partial charge in [-0.15, -0.1) is 0 Å². The fourth-order valence-corrected chi connectivity index (χ4v) is 3.22. The van der Waals surface area contributed by atoms with Crippen molar-refractivity contribution in [3.8, 4) is 0 Å². The Morgan fingerprint density at radius 3 is 2.83 bits per heavy atom. The minimum Gasteiger partial charge on any atom is -0.358 e. The fraction of sp³-hybridized carbons (Fsp3) is 0.571. The highest BCUT2D eigenvalue weighted by Gasteiger charge is 2.35. The highest BCUT2D eigenvalue weighted by Crippen LogP contribution is 2.40. The van der Waals surface area contributed by atoms with Crippen LogP contribution in [0.25, 0.3) is 11.0 Å². The van der Waals surface area contributed by atoms with Crippen LogP contribution in [0.15, 0.2) is 12.4 Å². The summed E-state index contributed by atoms with van der Waals surface area (Å²) in [4.78, 5) is 12.1. The highest BCUT2D eigenvalue weighted by molar-refractivity contribution is 5.79. The van der Waals surface area contributed by atoms with E-state index in [0.29, 0.717) is 6.54 Å². The summed E-state index contributed by atoms with van der Waals surface area (Å²) in [6.07, 6.45) is 10.2. The van der Waals surface area contributed by atoms with E-state index in [2.05, 4.69) is 21.1 Å². The molecule has 2 heterocycles. The molecule has 0 aliphatic heterocycles. The van der Waals surface area contributed by atoms with Crippen molar-refractivity contribution in [3.63, 3.8) is 0 Å². The molecule has 0 radical (unpaired) electrons. The summed E-state index contributed by atoms with van der Waals surface area (Å²) in [5.74, 6) is 0.825. The average molecular weight is 244 g/mol. The topological polar surface area (TPSA) is 67.6 Å². The van der Waals surface area contributed by atoms with Gasteiger partial charge in [-0.2, -0.15) is 0 Å². The van der Waals surface area contributed by atoms with Gasteiger partial charge in [-0.3, -0.25) is 0 Å². The predicted molar refractivity (Wildman–Crippen MR) is 72.4 cm³/mol. The third-order valence-electron chi connectivity index (χ3n) is 4.31. The molecule has 2 aromatic heterocycles. The first-order valence-electron chi connectivity index (χ1n) is 6.76. The quantitative estimate of drug-likeness (QED) is 0.852. The van der Waals surface area contributed by atoms with Gasteiger partial charge in [-0.05, 0) is 19.8 Å². The van der Waals surface area contributed by atoms with Crippen LogP contribution in [0, 0.1) is 6.92 Å². The van der Waals surface area contributed by atoms with Crippen molar-refractivity contribution in [1.29, 1.82) is 0 Å². The molecule has 0 unspecified atom stereocenters. The first kappa shape index (κ1) is 11.7. The Kier molecular flexibility index (Phi) is 2.82. The van der Waals surface area contributed by atoms with E-state index >= 15 is 0 Å². The number of rotatable bonds is 2. The van der Waals surface area contributed by atoms with Crippen LogP contribution in [0.2, 0.25) is 0 Å². The lowest BCUT2D eigenvalue weighted by molar-refractivity contribution is 0.302. The van der Waals surface area contributed by atoms with Gasteiger partial charge in [-0.25, -0.2) is 9.97 Å². The molecule has 96 valence electrons. The van der Waals surface area contributed by atoms with E-state index < -0.39 is 0 Å². The van der Waals surface area contributed by atoms with Gasteiger partial charge < -0.3 is 10.7 Å². The summed E-state index contributed by atoms with van der Waals surface area (Å²) >= 11 is 0. The lowest BCUT2D eigenvalue weighted by atomic mass is 9.70. The SMILES string of the molecule is Cc1ncc2[nH]cc(C3(CN)CCCCC3)c2n1. The Hall–Kier alpha value is -1.42. The van der Waals surface area contributed by atoms with Gasteiger partial charge >= 0.3 is 0 Å². The molecule has 1 saturated carbocycles. The highest BCUT2D eigenvalue weighted by atomic mass is 14.9. The normalized spacial score (nSPS) is 19.2. The maximum Gasteiger partial charge on any atom is 0.126 e. The molecule has 1 fully saturated rings. The number of nitrogens with zero attached hydrogens (tertiary/aromatic N) is 2. The number of aryl methyl sites for hydroxylation is 1. The molecule has 1 aliphatic carbocycles. The summed E-state index contributed by atoms with van der Waals surface area (Å²) < 4.78 is 0. The van der Waals surface area contributed by atoms with Gasteiger partial charge in [0.2, 0.25) is 0 Å². The largest absolute Gasteiger partial charge is 0.358 e. The van der Waals surface area contributed by atoms with Crippen LogP contribution in [0.3, 0.4) is 0 Å². The molecule has 0 saturated heterocycles. The molecular formula is C14H20N4. The summed E-state index contributed by atoms with van der Waals surface area (Å²) in [5, 5.41) is 0. The Morgan fingerprint density at radius 1 is 1.33 bits per heavy atom. The van der Waals surface area contributed by atoms with Crippen LogP contribution in [-0.4, -0.2) is 21.5 Å². The average Bonchev–Trinajstić information content (AvgIpc) is 2.83. The minimum absolute atomic E-state index is 0.122. The van der Waals surface area contributed by atoms with Gasteiger partial charge in [-0.1, -0.05) is 19.3 Å². The second-order valence-corrected chi connectivity index (χ2v) is 5.43. The molecule has 4 nitrogen and oxygen atoms in total. The van der Waals surface area contributed by atoms with Crippen molar-refractivity contribution < 1.29 is 0 Å². The van der Waals surface area contributed by atoms with Gasteiger partial charge in [0.05, 0.1) is 17.2 Å². The van der Waals surface area contributed by atoms with Crippen molar-refractivity contribution >= 4 is 11.0 Å². The van der Waals surface area contributed by atoms with Gasteiger partial charge in [0.15, 0.2) is 0 Å². The van der Waals surface area contributed by atoms with Crippen LogP contribution >= 0.6 is 0 Å². The van der Waals surface area contributed by atoms with Crippen molar-refractivity contribution in [2.75, 3.05) is 6.54 Å². The molecule has 3 N–H and O–H groups in total. The van der Waals surface area contributed by atoms with Crippen molar-refractivity contribution in [3.05, 3.63) is 23.8 Å². The second-order valence-electron chi connectivity index (χ2n) is 5.43. The van der Waals surface area contributed by atoms with Crippen molar-refractivity contribution in [1.82, 2.24) is 15.0 Å². The van der Waals surface area contributed by atoms with E-state index in [1.54, 1.807) is 0 Å². The number of nitrogens with one attached hydrogen (secondary N) is 1. The molecule has 4 heteroatoms. The fourth-order valence-electron chi connectivity index (χ4n) is 3.22. The molecule has 0 amide bonds.